The lowest BCUT2D eigenvalue weighted by Gasteiger charge is -2.27. The zero-order chi connectivity index (χ0) is 13.8. The second-order valence-electron chi connectivity index (χ2n) is 4.68. The number of hydrogen-bond donors (Lipinski definition) is 1. The van der Waals surface area contributed by atoms with E-state index in [1.165, 1.54) is 11.8 Å². The van der Waals surface area contributed by atoms with Gasteiger partial charge in [0, 0.05) is 38.4 Å². The van der Waals surface area contributed by atoms with Crippen molar-refractivity contribution in [3.05, 3.63) is 24.3 Å². The maximum absolute atomic E-state index is 12.0. The summed E-state index contributed by atoms with van der Waals surface area (Å²) >= 11 is 1.50. The first-order valence-electron chi connectivity index (χ1n) is 6.80. The molecule has 5 nitrogen and oxygen atoms in total. The van der Waals surface area contributed by atoms with E-state index in [0.29, 0.717) is 17.4 Å². The minimum Gasteiger partial charge on any atom is -0.431 e. The van der Waals surface area contributed by atoms with Crippen molar-refractivity contribution in [2.24, 2.45) is 0 Å². The number of hydrogen-bond acceptors (Lipinski definition) is 5. The topological polar surface area (TPSA) is 58.4 Å². The van der Waals surface area contributed by atoms with Crippen LogP contribution in [0.1, 0.15) is 6.42 Å². The van der Waals surface area contributed by atoms with Crippen LogP contribution < -0.4 is 5.32 Å². The van der Waals surface area contributed by atoms with Crippen LogP contribution in [-0.2, 0) is 4.79 Å². The molecule has 1 aliphatic rings. The molecule has 3 rings (SSSR count). The first-order chi connectivity index (χ1) is 9.83. The molecule has 2 heterocycles. The number of oxazole rings is 1. The summed E-state index contributed by atoms with van der Waals surface area (Å²) in [7, 11) is 0. The first kappa shape index (κ1) is 13.5. The zero-order valence-corrected chi connectivity index (χ0v) is 12.0. The van der Waals surface area contributed by atoms with Gasteiger partial charge in [0.25, 0.3) is 5.22 Å². The molecule has 0 atom stereocenters. The predicted molar refractivity (Wildman–Crippen MR) is 78.8 cm³/mol. The minimum absolute atomic E-state index is 0.218. The van der Waals surface area contributed by atoms with Gasteiger partial charge in [-0.3, -0.25) is 4.79 Å². The number of carbonyl (C=O) groups excluding carboxylic acids is 1. The molecule has 1 aromatic heterocycles. The molecular weight excluding hydrogens is 274 g/mol. The maximum Gasteiger partial charge on any atom is 0.256 e. The Balaban J connectivity index is 1.50. The molecule has 0 radical (unpaired) electrons. The molecular formula is C14H17N3O2S. The molecule has 2 aromatic rings. The average Bonchev–Trinajstić information content (AvgIpc) is 2.90. The summed E-state index contributed by atoms with van der Waals surface area (Å²) in [5.41, 5.74) is 1.66. The Morgan fingerprint density at radius 3 is 2.95 bits per heavy atom. The van der Waals surface area contributed by atoms with E-state index in [2.05, 4.69) is 10.3 Å². The summed E-state index contributed by atoms with van der Waals surface area (Å²) in [6, 6.07) is 7.69. The third kappa shape index (κ3) is 3.13. The minimum atomic E-state index is 0.218. The highest BCUT2D eigenvalue weighted by molar-refractivity contribution is 7.99. The second kappa shape index (κ2) is 6.28. The lowest BCUT2D eigenvalue weighted by Crippen LogP contribution is -2.46. The Morgan fingerprint density at radius 1 is 1.35 bits per heavy atom. The quantitative estimate of drug-likeness (QED) is 0.870. The van der Waals surface area contributed by atoms with E-state index in [0.717, 1.165) is 37.3 Å². The number of benzene rings is 1. The second-order valence-corrected chi connectivity index (χ2v) is 5.72. The molecule has 1 saturated heterocycles. The fourth-order valence-corrected chi connectivity index (χ4v) is 2.97. The van der Waals surface area contributed by atoms with Gasteiger partial charge in [-0.2, -0.15) is 0 Å². The normalized spacial score (nSPS) is 15.7. The summed E-state index contributed by atoms with van der Waals surface area (Å²) in [6.45, 7) is 3.41. The van der Waals surface area contributed by atoms with E-state index in [4.69, 9.17) is 4.42 Å². The van der Waals surface area contributed by atoms with Crippen LogP contribution >= 0.6 is 11.8 Å². The number of aromatic nitrogens is 1. The maximum atomic E-state index is 12.0. The summed E-state index contributed by atoms with van der Waals surface area (Å²) in [6.07, 6.45) is 0.531. The molecule has 0 bridgehead atoms. The Hall–Kier alpha value is -1.53. The number of rotatable bonds is 4. The highest BCUT2D eigenvalue weighted by Crippen LogP contribution is 2.23. The Bertz CT molecular complexity index is 560. The van der Waals surface area contributed by atoms with Gasteiger partial charge in [-0.15, -0.1) is 0 Å². The van der Waals surface area contributed by atoms with E-state index in [-0.39, 0.29) is 5.91 Å². The summed E-state index contributed by atoms with van der Waals surface area (Å²) in [4.78, 5) is 18.3. The molecule has 0 saturated carbocycles. The van der Waals surface area contributed by atoms with E-state index in [1.807, 2.05) is 29.2 Å². The van der Waals surface area contributed by atoms with Gasteiger partial charge in [0.2, 0.25) is 5.91 Å². The van der Waals surface area contributed by atoms with E-state index >= 15 is 0 Å². The van der Waals surface area contributed by atoms with Crippen LogP contribution in [0.3, 0.4) is 0 Å². The molecule has 1 aromatic carbocycles. The SMILES string of the molecule is O=C(CCSc1nc2ccccc2o1)N1CCNCC1. The monoisotopic (exact) mass is 291 g/mol. The molecule has 0 aliphatic carbocycles. The number of fused-ring (bicyclic) bond motifs is 1. The van der Waals surface area contributed by atoms with E-state index < -0.39 is 0 Å². The van der Waals surface area contributed by atoms with Crippen molar-refractivity contribution < 1.29 is 9.21 Å². The van der Waals surface area contributed by atoms with Crippen molar-refractivity contribution in [1.29, 1.82) is 0 Å². The smallest absolute Gasteiger partial charge is 0.256 e. The molecule has 1 amide bonds. The number of thioether (sulfide) groups is 1. The fraction of sp³-hybridized carbons (Fsp3) is 0.429. The Kier molecular flexibility index (Phi) is 4.22. The average molecular weight is 291 g/mol. The highest BCUT2D eigenvalue weighted by atomic mass is 32.2. The van der Waals surface area contributed by atoms with Gasteiger partial charge in [-0.05, 0) is 12.1 Å². The lowest BCUT2D eigenvalue weighted by atomic mass is 10.3. The van der Waals surface area contributed by atoms with E-state index in [9.17, 15) is 4.79 Å². The van der Waals surface area contributed by atoms with Gasteiger partial charge in [0.1, 0.15) is 5.52 Å². The van der Waals surface area contributed by atoms with Crippen LogP contribution in [-0.4, -0.2) is 47.7 Å². The molecule has 1 aliphatic heterocycles. The first-order valence-corrected chi connectivity index (χ1v) is 7.78. The van der Waals surface area contributed by atoms with Gasteiger partial charge in [0.05, 0.1) is 0 Å². The van der Waals surface area contributed by atoms with Crippen LogP contribution in [0.25, 0.3) is 11.1 Å². The highest BCUT2D eigenvalue weighted by Gasteiger charge is 2.16. The molecule has 106 valence electrons. The van der Waals surface area contributed by atoms with Crippen LogP contribution in [0.15, 0.2) is 33.9 Å². The lowest BCUT2D eigenvalue weighted by molar-refractivity contribution is -0.131. The van der Waals surface area contributed by atoms with Crippen LogP contribution in [0.5, 0.6) is 0 Å². The molecule has 1 fully saturated rings. The van der Waals surface area contributed by atoms with E-state index in [1.54, 1.807) is 0 Å². The predicted octanol–water partition coefficient (Wildman–Crippen LogP) is 1.74. The Labute approximate surface area is 121 Å². The fourth-order valence-electron chi connectivity index (χ4n) is 2.21. The van der Waals surface area contributed by atoms with Crippen molar-refractivity contribution in [3.63, 3.8) is 0 Å². The van der Waals surface area contributed by atoms with Gasteiger partial charge < -0.3 is 14.6 Å². The van der Waals surface area contributed by atoms with Crippen molar-refractivity contribution in [1.82, 2.24) is 15.2 Å². The van der Waals surface area contributed by atoms with Crippen molar-refractivity contribution in [2.75, 3.05) is 31.9 Å². The summed E-state index contributed by atoms with van der Waals surface area (Å²) in [5, 5.41) is 3.88. The van der Waals surface area contributed by atoms with Crippen LogP contribution in [0.4, 0.5) is 0 Å². The number of nitrogens with one attached hydrogen (secondary N) is 1. The number of amides is 1. The van der Waals surface area contributed by atoms with Crippen molar-refractivity contribution in [2.45, 2.75) is 11.6 Å². The number of carbonyl (C=O) groups is 1. The number of nitrogens with zero attached hydrogens (tertiary/aromatic N) is 2. The Morgan fingerprint density at radius 2 is 2.15 bits per heavy atom. The number of para-hydroxylation sites is 2. The standard InChI is InChI=1S/C14H17N3O2S/c18-13(17-8-6-15-7-9-17)5-10-20-14-16-11-3-1-2-4-12(11)19-14/h1-4,15H,5-10H2. The van der Waals surface area contributed by atoms with Crippen LogP contribution in [0, 0.1) is 0 Å². The van der Waals surface area contributed by atoms with Gasteiger partial charge in [-0.25, -0.2) is 4.98 Å². The summed E-state index contributed by atoms with van der Waals surface area (Å²) in [5.74, 6) is 0.922. The van der Waals surface area contributed by atoms with Gasteiger partial charge in [-0.1, -0.05) is 23.9 Å². The third-order valence-electron chi connectivity index (χ3n) is 3.29. The molecule has 0 spiro atoms. The van der Waals surface area contributed by atoms with Gasteiger partial charge >= 0.3 is 0 Å². The van der Waals surface area contributed by atoms with Gasteiger partial charge in [0.15, 0.2) is 5.58 Å². The zero-order valence-electron chi connectivity index (χ0n) is 11.2. The summed E-state index contributed by atoms with van der Waals surface area (Å²) < 4.78 is 5.61. The number of piperazine rings is 1. The van der Waals surface area contributed by atoms with Crippen LogP contribution in [0.2, 0.25) is 0 Å². The molecule has 0 unspecified atom stereocenters. The molecule has 6 heteroatoms. The van der Waals surface area contributed by atoms with Crippen molar-refractivity contribution in [3.8, 4) is 0 Å². The largest absolute Gasteiger partial charge is 0.431 e. The molecule has 1 N–H and O–H groups in total. The third-order valence-corrected chi connectivity index (χ3v) is 4.12. The molecule has 20 heavy (non-hydrogen) atoms. The van der Waals surface area contributed by atoms with Crippen molar-refractivity contribution >= 4 is 28.8 Å².